The van der Waals surface area contributed by atoms with E-state index in [1.807, 2.05) is 13.8 Å². The largest absolute Gasteiger partial charge is 0.396 e. The summed E-state index contributed by atoms with van der Waals surface area (Å²) in [5.74, 6) is -0.444. The molecule has 0 aromatic carbocycles. The van der Waals surface area contributed by atoms with Gasteiger partial charge in [-0.25, -0.2) is 8.42 Å². The fourth-order valence-electron chi connectivity index (χ4n) is 0.760. The molecule has 0 atom stereocenters. The molecule has 0 heterocycles. The number of hydrogen-bond acceptors (Lipinski definition) is 4. The van der Waals surface area contributed by atoms with E-state index in [4.69, 9.17) is 5.11 Å². The molecule has 0 bridgehead atoms. The standard InChI is InChI=1S/C9H19NO4S/c1-9(2,7-11)6-10-8(12)4-5-15(3,13)14/h11H,4-7H2,1-3H3,(H,10,12). The van der Waals surface area contributed by atoms with E-state index in [0.29, 0.717) is 6.54 Å². The first-order valence-corrected chi connectivity index (χ1v) is 6.78. The second-order valence-corrected chi connectivity index (χ2v) is 6.74. The Morgan fingerprint density at radius 1 is 1.40 bits per heavy atom. The van der Waals surface area contributed by atoms with E-state index in [-0.39, 0.29) is 30.1 Å². The molecule has 0 aromatic heterocycles. The molecular formula is C9H19NO4S. The Morgan fingerprint density at radius 2 is 1.93 bits per heavy atom. The van der Waals surface area contributed by atoms with Crippen LogP contribution in [0.25, 0.3) is 0 Å². The Balaban J connectivity index is 3.87. The number of aliphatic hydroxyl groups excluding tert-OH is 1. The van der Waals surface area contributed by atoms with Gasteiger partial charge in [0.2, 0.25) is 5.91 Å². The van der Waals surface area contributed by atoms with Gasteiger partial charge < -0.3 is 10.4 Å². The highest BCUT2D eigenvalue weighted by Crippen LogP contribution is 2.11. The number of carbonyl (C=O) groups is 1. The Hall–Kier alpha value is -0.620. The van der Waals surface area contributed by atoms with Gasteiger partial charge in [-0.2, -0.15) is 0 Å². The topological polar surface area (TPSA) is 83.5 Å². The van der Waals surface area contributed by atoms with E-state index >= 15 is 0 Å². The van der Waals surface area contributed by atoms with E-state index in [1.54, 1.807) is 0 Å². The van der Waals surface area contributed by atoms with Crippen LogP contribution in [0.15, 0.2) is 0 Å². The lowest BCUT2D eigenvalue weighted by molar-refractivity contribution is -0.121. The summed E-state index contributed by atoms with van der Waals surface area (Å²) in [7, 11) is -3.09. The molecule has 0 saturated carbocycles. The average molecular weight is 237 g/mol. The predicted molar refractivity (Wildman–Crippen MR) is 58.2 cm³/mol. The number of carbonyl (C=O) groups excluding carboxylic acids is 1. The molecule has 90 valence electrons. The van der Waals surface area contributed by atoms with Gasteiger partial charge in [0.15, 0.2) is 0 Å². The van der Waals surface area contributed by atoms with Crippen LogP contribution in [-0.4, -0.2) is 44.6 Å². The van der Waals surface area contributed by atoms with Crippen molar-refractivity contribution in [2.75, 3.05) is 25.2 Å². The average Bonchev–Trinajstić information content (AvgIpc) is 2.10. The minimum Gasteiger partial charge on any atom is -0.396 e. The van der Waals surface area contributed by atoms with Gasteiger partial charge >= 0.3 is 0 Å². The predicted octanol–water partition coefficient (Wildman–Crippen LogP) is -0.444. The normalized spacial score (nSPS) is 12.5. The summed E-state index contributed by atoms with van der Waals surface area (Å²) in [6, 6.07) is 0. The van der Waals surface area contributed by atoms with Crippen molar-refractivity contribution < 1.29 is 18.3 Å². The lowest BCUT2D eigenvalue weighted by Crippen LogP contribution is -2.36. The Bertz CT molecular complexity index is 308. The summed E-state index contributed by atoms with van der Waals surface area (Å²) >= 11 is 0. The van der Waals surface area contributed by atoms with Gasteiger partial charge in [0, 0.05) is 31.2 Å². The van der Waals surface area contributed by atoms with Crippen LogP contribution in [0.5, 0.6) is 0 Å². The fourth-order valence-corrected chi connectivity index (χ4v) is 1.32. The molecule has 0 aliphatic heterocycles. The summed E-state index contributed by atoms with van der Waals surface area (Å²) < 4.78 is 21.5. The molecule has 2 N–H and O–H groups in total. The quantitative estimate of drug-likeness (QED) is 0.656. The molecule has 1 amide bonds. The monoisotopic (exact) mass is 237 g/mol. The summed E-state index contributed by atoms with van der Waals surface area (Å²) in [6.45, 7) is 3.93. The number of amides is 1. The molecule has 0 aromatic rings. The highest BCUT2D eigenvalue weighted by molar-refractivity contribution is 7.90. The van der Waals surface area contributed by atoms with Gasteiger partial charge in [-0.3, -0.25) is 4.79 Å². The summed E-state index contributed by atoms with van der Waals surface area (Å²) in [4.78, 5) is 11.2. The Morgan fingerprint density at radius 3 is 2.33 bits per heavy atom. The third-order valence-corrected chi connectivity index (χ3v) is 2.84. The molecular weight excluding hydrogens is 218 g/mol. The molecule has 0 rings (SSSR count). The second-order valence-electron chi connectivity index (χ2n) is 4.48. The van der Waals surface area contributed by atoms with Crippen molar-refractivity contribution in [3.63, 3.8) is 0 Å². The molecule has 0 saturated heterocycles. The number of rotatable bonds is 6. The third-order valence-electron chi connectivity index (χ3n) is 1.89. The van der Waals surface area contributed by atoms with Gasteiger partial charge in [0.1, 0.15) is 9.84 Å². The van der Waals surface area contributed by atoms with Crippen molar-refractivity contribution in [1.29, 1.82) is 0 Å². The second kappa shape index (κ2) is 5.46. The van der Waals surface area contributed by atoms with Crippen LogP contribution in [0.2, 0.25) is 0 Å². The maximum atomic E-state index is 11.2. The zero-order valence-electron chi connectivity index (χ0n) is 9.41. The zero-order valence-corrected chi connectivity index (χ0v) is 10.2. The van der Waals surface area contributed by atoms with Gasteiger partial charge in [0.05, 0.1) is 5.75 Å². The van der Waals surface area contributed by atoms with Crippen molar-refractivity contribution in [3.8, 4) is 0 Å². The van der Waals surface area contributed by atoms with Gasteiger partial charge in [-0.1, -0.05) is 13.8 Å². The summed E-state index contributed by atoms with van der Waals surface area (Å²) in [5, 5.41) is 11.5. The van der Waals surface area contributed by atoms with Gasteiger partial charge in [-0.15, -0.1) is 0 Å². The lowest BCUT2D eigenvalue weighted by Gasteiger charge is -2.21. The number of nitrogens with one attached hydrogen (secondary N) is 1. The smallest absolute Gasteiger partial charge is 0.221 e. The van der Waals surface area contributed by atoms with Crippen molar-refractivity contribution in [1.82, 2.24) is 5.32 Å². The van der Waals surface area contributed by atoms with E-state index in [0.717, 1.165) is 6.26 Å². The number of aliphatic hydroxyl groups is 1. The first kappa shape index (κ1) is 14.4. The van der Waals surface area contributed by atoms with Gasteiger partial charge in [0.25, 0.3) is 0 Å². The molecule has 0 unspecified atom stereocenters. The van der Waals surface area contributed by atoms with Crippen LogP contribution in [0, 0.1) is 5.41 Å². The van der Waals surface area contributed by atoms with Crippen LogP contribution in [-0.2, 0) is 14.6 Å². The van der Waals surface area contributed by atoms with Crippen molar-refractivity contribution in [2.24, 2.45) is 5.41 Å². The maximum Gasteiger partial charge on any atom is 0.221 e. The molecule has 0 aliphatic carbocycles. The van der Waals surface area contributed by atoms with E-state index in [9.17, 15) is 13.2 Å². The fraction of sp³-hybridized carbons (Fsp3) is 0.889. The minimum absolute atomic E-state index is 0.0274. The molecule has 6 heteroatoms. The first-order chi connectivity index (χ1) is 6.66. The highest BCUT2D eigenvalue weighted by Gasteiger charge is 2.17. The summed E-state index contributed by atoms with van der Waals surface area (Å²) in [5.41, 5.74) is -0.374. The Kier molecular flexibility index (Phi) is 5.23. The Labute approximate surface area is 90.8 Å². The van der Waals surface area contributed by atoms with Crippen LogP contribution in [0.4, 0.5) is 0 Å². The molecule has 0 radical (unpaired) electrons. The van der Waals surface area contributed by atoms with E-state index in [1.165, 1.54) is 0 Å². The summed E-state index contributed by atoms with van der Waals surface area (Å²) in [6.07, 6.45) is 1.07. The SMILES string of the molecule is CC(C)(CO)CNC(=O)CCS(C)(=O)=O. The van der Waals surface area contributed by atoms with E-state index in [2.05, 4.69) is 5.32 Å². The molecule has 0 aliphatic rings. The van der Waals surface area contributed by atoms with Crippen LogP contribution >= 0.6 is 0 Å². The number of sulfone groups is 1. The highest BCUT2D eigenvalue weighted by atomic mass is 32.2. The van der Waals surface area contributed by atoms with Crippen LogP contribution in [0.3, 0.4) is 0 Å². The molecule has 0 fully saturated rings. The van der Waals surface area contributed by atoms with Gasteiger partial charge in [-0.05, 0) is 0 Å². The molecule has 5 nitrogen and oxygen atoms in total. The zero-order chi connectivity index (χ0) is 12.1. The van der Waals surface area contributed by atoms with Crippen LogP contribution < -0.4 is 5.32 Å². The van der Waals surface area contributed by atoms with Crippen LogP contribution in [0.1, 0.15) is 20.3 Å². The maximum absolute atomic E-state index is 11.2. The molecule has 15 heavy (non-hydrogen) atoms. The third kappa shape index (κ3) is 8.38. The van der Waals surface area contributed by atoms with Crippen molar-refractivity contribution >= 4 is 15.7 Å². The van der Waals surface area contributed by atoms with Crippen molar-refractivity contribution in [3.05, 3.63) is 0 Å². The van der Waals surface area contributed by atoms with E-state index < -0.39 is 9.84 Å². The minimum atomic E-state index is -3.09. The lowest BCUT2D eigenvalue weighted by atomic mass is 9.95. The van der Waals surface area contributed by atoms with Crippen molar-refractivity contribution in [2.45, 2.75) is 20.3 Å². The first-order valence-electron chi connectivity index (χ1n) is 4.71. The number of hydrogen-bond donors (Lipinski definition) is 2. The molecule has 0 spiro atoms.